The van der Waals surface area contributed by atoms with Crippen LogP contribution in [0.2, 0.25) is 0 Å². The molecule has 0 amide bonds. The van der Waals surface area contributed by atoms with Gasteiger partial charge in [-0.2, -0.15) is 0 Å². The van der Waals surface area contributed by atoms with Crippen molar-refractivity contribution in [3.63, 3.8) is 0 Å². The first-order chi connectivity index (χ1) is 16.3. The van der Waals surface area contributed by atoms with Crippen LogP contribution in [0.1, 0.15) is 16.7 Å². The number of ether oxygens (including phenoxy) is 1. The zero-order chi connectivity index (χ0) is 22.0. The van der Waals surface area contributed by atoms with Crippen LogP contribution in [0.15, 0.2) is 126 Å². The lowest BCUT2D eigenvalue weighted by atomic mass is 9.96. The summed E-state index contributed by atoms with van der Waals surface area (Å²) in [5.74, 6) is 2.54. The maximum atomic E-state index is 6.27. The van der Waals surface area contributed by atoms with Crippen molar-refractivity contribution >= 4 is 28.4 Å². The van der Waals surface area contributed by atoms with Gasteiger partial charge in [0.2, 0.25) is 0 Å². The Hall–Kier alpha value is -4.43. The quantitative estimate of drug-likeness (QED) is 0.271. The third kappa shape index (κ3) is 3.72. The molecule has 0 bridgehead atoms. The number of hydrogen-bond donors (Lipinski definition) is 0. The van der Waals surface area contributed by atoms with Crippen molar-refractivity contribution in [2.45, 2.75) is 0 Å². The Balaban J connectivity index is 1.57. The Labute approximate surface area is 192 Å². The summed E-state index contributed by atoms with van der Waals surface area (Å²) in [4.78, 5) is 0. The molecule has 1 aliphatic heterocycles. The van der Waals surface area contributed by atoms with Gasteiger partial charge in [0.15, 0.2) is 0 Å². The fraction of sp³-hybridized carbons (Fsp3) is 0. The molecule has 5 aromatic rings. The monoisotopic (exact) mass is 425 g/mol. The molecule has 4 aromatic carbocycles. The van der Waals surface area contributed by atoms with Crippen molar-refractivity contribution in [3.05, 3.63) is 138 Å². The molecule has 1 aliphatic rings. The molecule has 6 rings (SSSR count). The van der Waals surface area contributed by atoms with E-state index < -0.39 is 0 Å². The first kappa shape index (κ1) is 19.3. The molecule has 0 saturated heterocycles. The highest BCUT2D eigenvalue weighted by atomic mass is 16.5. The van der Waals surface area contributed by atoms with E-state index in [0.29, 0.717) is 0 Å². The molecule has 33 heavy (non-hydrogen) atoms. The lowest BCUT2D eigenvalue weighted by Gasteiger charge is -2.20. The van der Waals surface area contributed by atoms with Gasteiger partial charge >= 0.3 is 11.3 Å². The van der Waals surface area contributed by atoms with Crippen LogP contribution in [0.5, 0.6) is 5.75 Å². The van der Waals surface area contributed by atoms with Crippen molar-refractivity contribution in [3.8, 4) is 17.1 Å². The van der Waals surface area contributed by atoms with E-state index in [9.17, 15) is 0 Å². The standard InChI is InChI=1S/C31H21O2/c1-3-11-22(12-4-1)30-20-24(26-15-7-9-17-28(26)32-30)19-25-21-31(23-13-5-2-6-14-23)33-29-18-10-8-16-27(25)29/h1-21H/q+1. The molecule has 1 aromatic heterocycles. The topological polar surface area (TPSA) is 20.5 Å². The van der Waals surface area contributed by atoms with Crippen LogP contribution in [-0.4, -0.2) is 0 Å². The maximum absolute atomic E-state index is 6.27. The molecule has 0 atom stereocenters. The lowest BCUT2D eigenvalue weighted by Crippen LogP contribution is -2.03. The zero-order valence-electron chi connectivity index (χ0n) is 17.9. The SMILES string of the molecule is C1=C(c2ccccc2)Oc2ccccc2/C1=C/c1cc(-c2ccccc2)[o+]c2ccccc12. The number of benzene rings is 4. The predicted octanol–water partition coefficient (Wildman–Crippen LogP) is 8.36. The molecule has 0 spiro atoms. The first-order valence-electron chi connectivity index (χ1n) is 11.0. The van der Waals surface area contributed by atoms with Crippen molar-refractivity contribution in [2.24, 2.45) is 0 Å². The van der Waals surface area contributed by atoms with Crippen LogP contribution in [0, 0.1) is 0 Å². The van der Waals surface area contributed by atoms with Gasteiger partial charge in [0.25, 0.3) is 0 Å². The van der Waals surface area contributed by atoms with Gasteiger partial charge in [0.05, 0.1) is 17.0 Å². The summed E-state index contributed by atoms with van der Waals surface area (Å²) in [5.41, 5.74) is 6.24. The van der Waals surface area contributed by atoms with Crippen molar-refractivity contribution in [1.29, 1.82) is 0 Å². The minimum atomic E-state index is 0.841. The van der Waals surface area contributed by atoms with Crippen LogP contribution < -0.4 is 4.74 Å². The number of allylic oxidation sites excluding steroid dienone is 2. The van der Waals surface area contributed by atoms with Crippen LogP contribution in [0.25, 0.3) is 39.7 Å². The van der Waals surface area contributed by atoms with Crippen LogP contribution in [-0.2, 0) is 0 Å². The number of para-hydroxylation sites is 2. The van der Waals surface area contributed by atoms with Gasteiger partial charge in [-0.15, -0.1) is 0 Å². The van der Waals surface area contributed by atoms with E-state index in [1.165, 1.54) is 0 Å². The molecule has 0 saturated carbocycles. The summed E-state index contributed by atoms with van der Waals surface area (Å²) in [6.45, 7) is 0. The zero-order valence-corrected chi connectivity index (χ0v) is 17.9. The molecule has 2 heterocycles. The molecule has 156 valence electrons. The first-order valence-corrected chi connectivity index (χ1v) is 11.0. The molecule has 0 N–H and O–H groups in total. The lowest BCUT2D eigenvalue weighted by molar-refractivity contribution is 0.509. The third-order valence-electron chi connectivity index (χ3n) is 5.84. The minimum Gasteiger partial charge on any atom is -0.456 e. The van der Waals surface area contributed by atoms with Crippen molar-refractivity contribution in [1.82, 2.24) is 0 Å². The molecule has 0 radical (unpaired) electrons. The number of fused-ring (bicyclic) bond motifs is 2. The van der Waals surface area contributed by atoms with Gasteiger partial charge in [-0.3, -0.25) is 0 Å². The van der Waals surface area contributed by atoms with Crippen LogP contribution >= 0.6 is 0 Å². The van der Waals surface area contributed by atoms with E-state index in [1.807, 2.05) is 72.8 Å². The van der Waals surface area contributed by atoms with E-state index in [4.69, 9.17) is 9.15 Å². The predicted molar refractivity (Wildman–Crippen MR) is 135 cm³/mol. The second-order valence-electron chi connectivity index (χ2n) is 8.00. The molecule has 2 heteroatoms. The van der Waals surface area contributed by atoms with Gasteiger partial charge in [0.1, 0.15) is 11.5 Å². The molecule has 0 aliphatic carbocycles. The average Bonchev–Trinajstić information content (AvgIpc) is 2.89. The molecule has 0 fully saturated rings. The maximum Gasteiger partial charge on any atom is 0.361 e. The number of hydrogen-bond acceptors (Lipinski definition) is 1. The smallest absolute Gasteiger partial charge is 0.361 e. The van der Waals surface area contributed by atoms with E-state index in [2.05, 4.69) is 54.6 Å². The fourth-order valence-electron chi connectivity index (χ4n) is 4.22. The normalized spacial score (nSPS) is 13.9. The van der Waals surface area contributed by atoms with E-state index in [0.717, 1.165) is 56.1 Å². The number of rotatable bonds is 3. The largest absolute Gasteiger partial charge is 0.456 e. The summed E-state index contributed by atoms with van der Waals surface area (Å²) >= 11 is 0. The second kappa shape index (κ2) is 8.25. The minimum absolute atomic E-state index is 0.841. The Morgan fingerprint density at radius 3 is 2.12 bits per heavy atom. The summed E-state index contributed by atoms with van der Waals surface area (Å²) in [6.07, 6.45) is 4.35. The summed E-state index contributed by atoms with van der Waals surface area (Å²) in [6, 6.07) is 38.9. The van der Waals surface area contributed by atoms with E-state index in [-0.39, 0.29) is 0 Å². The molecular weight excluding hydrogens is 404 g/mol. The Kier molecular flexibility index (Phi) is 4.82. The van der Waals surface area contributed by atoms with Crippen LogP contribution in [0.3, 0.4) is 0 Å². The van der Waals surface area contributed by atoms with Gasteiger partial charge in [-0.25, -0.2) is 4.42 Å². The van der Waals surface area contributed by atoms with Crippen molar-refractivity contribution in [2.75, 3.05) is 0 Å². The highest BCUT2D eigenvalue weighted by Crippen LogP contribution is 2.39. The summed E-state index contributed by atoms with van der Waals surface area (Å²) in [5, 5.41) is 1.07. The van der Waals surface area contributed by atoms with Gasteiger partial charge in [-0.1, -0.05) is 78.9 Å². The Morgan fingerprint density at radius 1 is 0.636 bits per heavy atom. The van der Waals surface area contributed by atoms with Gasteiger partial charge < -0.3 is 4.74 Å². The van der Waals surface area contributed by atoms with Gasteiger partial charge in [-0.05, 0) is 42.0 Å². The fourth-order valence-corrected chi connectivity index (χ4v) is 4.22. The molecule has 0 unspecified atom stereocenters. The summed E-state index contributed by atoms with van der Waals surface area (Å²) in [7, 11) is 0. The van der Waals surface area contributed by atoms with Crippen molar-refractivity contribution < 1.29 is 9.15 Å². The molecular formula is C31H21O2+. The van der Waals surface area contributed by atoms with E-state index in [1.54, 1.807) is 0 Å². The second-order valence-corrected chi connectivity index (χ2v) is 8.00. The van der Waals surface area contributed by atoms with E-state index >= 15 is 0 Å². The van der Waals surface area contributed by atoms with Crippen LogP contribution in [0.4, 0.5) is 0 Å². The highest BCUT2D eigenvalue weighted by Gasteiger charge is 2.21. The Bertz CT molecular complexity index is 1510. The third-order valence-corrected chi connectivity index (χ3v) is 5.84. The Morgan fingerprint density at radius 2 is 1.30 bits per heavy atom. The average molecular weight is 426 g/mol. The summed E-state index contributed by atoms with van der Waals surface area (Å²) < 4.78 is 12.5. The molecule has 2 nitrogen and oxygen atoms in total. The van der Waals surface area contributed by atoms with Gasteiger partial charge in [0, 0.05) is 22.8 Å². The highest BCUT2D eigenvalue weighted by molar-refractivity contribution is 6.00.